The summed E-state index contributed by atoms with van der Waals surface area (Å²) in [7, 11) is 0. The van der Waals surface area contributed by atoms with Gasteiger partial charge in [-0.1, -0.05) is 12.1 Å². The predicted octanol–water partition coefficient (Wildman–Crippen LogP) is 3.50. The van der Waals surface area contributed by atoms with Gasteiger partial charge in [-0.3, -0.25) is 4.79 Å². The number of carbonyl (C=O) groups is 3. The number of nitrogens with zero attached hydrogens (tertiary/aromatic N) is 4. The van der Waals surface area contributed by atoms with Crippen molar-refractivity contribution in [1.29, 1.82) is 0 Å². The lowest BCUT2D eigenvalue weighted by Gasteiger charge is -2.27. The van der Waals surface area contributed by atoms with E-state index in [1.54, 1.807) is 37.8 Å². The Hall–Kier alpha value is -3.86. The van der Waals surface area contributed by atoms with Gasteiger partial charge < -0.3 is 20.1 Å². The molecular weight excluding hydrogens is 470 g/mol. The third-order valence-corrected chi connectivity index (χ3v) is 6.27. The van der Waals surface area contributed by atoms with Crippen LogP contribution in [0.25, 0.3) is 5.69 Å². The van der Waals surface area contributed by atoms with E-state index in [-0.39, 0.29) is 23.8 Å². The van der Waals surface area contributed by atoms with Crippen LogP contribution < -0.4 is 10.2 Å². The summed E-state index contributed by atoms with van der Waals surface area (Å²) in [5.74, 6) is -1.17. The molecule has 2 N–H and O–H groups in total. The SMILES string of the molecule is CC(C)(C)OC(=O)N[C@H]1CSc2ccc(C(=O)O)cc2N(Cc2ccc(-n3cncn3)cc2)C1=O. The molecule has 0 saturated carbocycles. The van der Waals surface area contributed by atoms with Gasteiger partial charge >= 0.3 is 12.1 Å². The van der Waals surface area contributed by atoms with E-state index in [4.69, 9.17) is 4.74 Å². The molecule has 182 valence electrons. The number of fused-ring (bicyclic) bond motifs is 1. The van der Waals surface area contributed by atoms with Crippen molar-refractivity contribution in [2.45, 2.75) is 43.9 Å². The summed E-state index contributed by atoms with van der Waals surface area (Å²) in [6.45, 7) is 5.41. The molecule has 4 rings (SSSR count). The van der Waals surface area contributed by atoms with Crippen LogP contribution in [0.3, 0.4) is 0 Å². The van der Waals surface area contributed by atoms with Gasteiger partial charge in [0.2, 0.25) is 0 Å². The molecule has 1 atom stereocenters. The fraction of sp³-hybridized carbons (Fsp3) is 0.292. The number of carboxylic acid groups (broad SMARTS) is 1. The van der Waals surface area contributed by atoms with Crippen molar-refractivity contribution >= 4 is 35.4 Å². The lowest BCUT2D eigenvalue weighted by molar-refractivity contribution is -0.120. The molecule has 2 amide bonds. The van der Waals surface area contributed by atoms with Gasteiger partial charge in [0.05, 0.1) is 23.5 Å². The third kappa shape index (κ3) is 5.80. The summed E-state index contributed by atoms with van der Waals surface area (Å²) in [5, 5.41) is 16.3. The summed E-state index contributed by atoms with van der Waals surface area (Å²) < 4.78 is 6.96. The molecule has 0 saturated heterocycles. The molecule has 0 fully saturated rings. The molecule has 10 nitrogen and oxygen atoms in total. The molecule has 0 radical (unpaired) electrons. The van der Waals surface area contributed by atoms with Gasteiger partial charge in [0.25, 0.3) is 5.91 Å². The van der Waals surface area contributed by atoms with E-state index in [9.17, 15) is 19.5 Å². The van der Waals surface area contributed by atoms with Crippen LogP contribution >= 0.6 is 11.8 Å². The van der Waals surface area contributed by atoms with Crippen LogP contribution in [0.5, 0.6) is 0 Å². The molecule has 0 spiro atoms. The number of rotatable bonds is 5. The summed E-state index contributed by atoms with van der Waals surface area (Å²) in [5.41, 5.74) is 1.46. The Morgan fingerprint density at radius 1 is 1.20 bits per heavy atom. The number of nitrogens with one attached hydrogen (secondary N) is 1. The molecule has 0 aliphatic carbocycles. The molecule has 35 heavy (non-hydrogen) atoms. The lowest BCUT2D eigenvalue weighted by atomic mass is 10.1. The van der Waals surface area contributed by atoms with Crippen molar-refractivity contribution in [2.24, 2.45) is 0 Å². The largest absolute Gasteiger partial charge is 0.478 e. The van der Waals surface area contributed by atoms with Crippen LogP contribution in [0.1, 0.15) is 36.7 Å². The Kier molecular flexibility index (Phi) is 6.79. The van der Waals surface area contributed by atoms with Gasteiger partial charge in [0.1, 0.15) is 24.3 Å². The molecule has 2 heterocycles. The highest BCUT2D eigenvalue weighted by molar-refractivity contribution is 7.99. The monoisotopic (exact) mass is 495 g/mol. The van der Waals surface area contributed by atoms with E-state index in [2.05, 4.69) is 15.4 Å². The summed E-state index contributed by atoms with van der Waals surface area (Å²) in [6, 6.07) is 11.3. The molecule has 11 heteroatoms. The highest BCUT2D eigenvalue weighted by atomic mass is 32.2. The summed E-state index contributed by atoms with van der Waals surface area (Å²) >= 11 is 1.37. The number of thioether (sulfide) groups is 1. The van der Waals surface area contributed by atoms with Crippen molar-refractivity contribution in [3.05, 3.63) is 66.2 Å². The number of carboxylic acids is 1. The molecule has 1 aliphatic rings. The maximum Gasteiger partial charge on any atom is 0.408 e. The first kappa shape index (κ1) is 24.3. The van der Waals surface area contributed by atoms with Gasteiger partial charge in [0.15, 0.2) is 0 Å². The number of aromatic nitrogens is 3. The summed E-state index contributed by atoms with van der Waals surface area (Å²) in [6.07, 6.45) is 2.34. The zero-order valence-corrected chi connectivity index (χ0v) is 20.3. The third-order valence-electron chi connectivity index (χ3n) is 5.12. The number of aromatic carboxylic acids is 1. The van der Waals surface area contributed by atoms with Gasteiger partial charge in [-0.2, -0.15) is 5.10 Å². The predicted molar refractivity (Wildman–Crippen MR) is 130 cm³/mol. The van der Waals surface area contributed by atoms with Crippen molar-refractivity contribution in [1.82, 2.24) is 20.1 Å². The van der Waals surface area contributed by atoms with Crippen LogP contribution in [-0.4, -0.2) is 55.2 Å². The molecule has 1 aromatic heterocycles. The van der Waals surface area contributed by atoms with Crippen molar-refractivity contribution in [2.75, 3.05) is 10.7 Å². The second-order valence-electron chi connectivity index (χ2n) is 8.93. The number of anilines is 1. The van der Waals surface area contributed by atoms with Gasteiger partial charge in [0, 0.05) is 10.6 Å². The number of hydrogen-bond donors (Lipinski definition) is 2. The van der Waals surface area contributed by atoms with E-state index in [0.717, 1.165) is 16.1 Å². The van der Waals surface area contributed by atoms with Crippen molar-refractivity contribution in [3.8, 4) is 5.69 Å². The second-order valence-corrected chi connectivity index (χ2v) is 9.99. The molecule has 0 bridgehead atoms. The first-order valence-corrected chi connectivity index (χ1v) is 11.8. The Bertz CT molecular complexity index is 1240. The minimum Gasteiger partial charge on any atom is -0.478 e. The van der Waals surface area contributed by atoms with Crippen LogP contribution in [0.4, 0.5) is 10.5 Å². The Balaban J connectivity index is 1.65. The smallest absolute Gasteiger partial charge is 0.408 e. The molecule has 2 aromatic carbocycles. The quantitative estimate of drug-likeness (QED) is 0.551. The average molecular weight is 496 g/mol. The topological polar surface area (TPSA) is 127 Å². The Morgan fingerprint density at radius 3 is 2.57 bits per heavy atom. The molecule has 3 aromatic rings. The van der Waals surface area contributed by atoms with Gasteiger partial charge in [-0.05, 0) is 56.7 Å². The first-order valence-electron chi connectivity index (χ1n) is 10.9. The fourth-order valence-electron chi connectivity index (χ4n) is 3.53. The fourth-order valence-corrected chi connectivity index (χ4v) is 4.58. The van der Waals surface area contributed by atoms with Crippen molar-refractivity contribution < 1.29 is 24.2 Å². The van der Waals surface area contributed by atoms with Gasteiger partial charge in [-0.15, -0.1) is 11.8 Å². The van der Waals surface area contributed by atoms with E-state index < -0.39 is 23.7 Å². The summed E-state index contributed by atoms with van der Waals surface area (Å²) in [4.78, 5) is 43.8. The van der Waals surface area contributed by atoms with E-state index in [0.29, 0.717) is 5.69 Å². The maximum absolute atomic E-state index is 13.6. The minimum atomic E-state index is -1.09. The van der Waals surface area contributed by atoms with Crippen LogP contribution in [0, 0.1) is 0 Å². The first-order chi connectivity index (χ1) is 16.6. The van der Waals surface area contributed by atoms with E-state index in [1.165, 1.54) is 35.1 Å². The molecule has 0 unspecified atom stereocenters. The number of carbonyl (C=O) groups excluding carboxylic acids is 2. The molecule has 1 aliphatic heterocycles. The normalized spacial score (nSPS) is 15.8. The Labute approximate surface area is 206 Å². The lowest BCUT2D eigenvalue weighted by Crippen LogP contribution is -2.50. The van der Waals surface area contributed by atoms with Crippen LogP contribution in [-0.2, 0) is 16.1 Å². The van der Waals surface area contributed by atoms with E-state index >= 15 is 0 Å². The number of benzene rings is 2. The number of alkyl carbamates (subject to hydrolysis) is 1. The number of hydrogen-bond acceptors (Lipinski definition) is 7. The highest BCUT2D eigenvalue weighted by Gasteiger charge is 2.33. The highest BCUT2D eigenvalue weighted by Crippen LogP contribution is 2.36. The van der Waals surface area contributed by atoms with E-state index in [1.807, 2.05) is 24.3 Å². The standard InChI is InChI=1S/C24H25N5O5S/c1-24(2,3)34-23(33)27-18-12-35-20-9-6-16(22(31)32)10-19(20)28(21(18)30)11-15-4-7-17(8-5-15)29-14-25-13-26-29/h4-10,13-14,18H,11-12H2,1-3H3,(H,27,33)(H,31,32)/t18-/m0/s1. The average Bonchev–Trinajstić information content (AvgIpc) is 3.30. The number of amides is 2. The number of ether oxygens (including phenoxy) is 1. The zero-order chi connectivity index (χ0) is 25.2. The maximum atomic E-state index is 13.6. The molecular formula is C24H25N5O5S. The van der Waals surface area contributed by atoms with Gasteiger partial charge in [-0.25, -0.2) is 19.3 Å². The Morgan fingerprint density at radius 2 is 1.94 bits per heavy atom. The zero-order valence-electron chi connectivity index (χ0n) is 19.5. The second kappa shape index (κ2) is 9.79. The van der Waals surface area contributed by atoms with Crippen molar-refractivity contribution in [3.63, 3.8) is 0 Å². The van der Waals surface area contributed by atoms with Crippen LogP contribution in [0.2, 0.25) is 0 Å². The van der Waals surface area contributed by atoms with Crippen LogP contribution in [0.15, 0.2) is 60.0 Å². The minimum absolute atomic E-state index is 0.0715.